The lowest BCUT2D eigenvalue weighted by Crippen LogP contribution is -2.45. The molecular formula is C16H32N2. The van der Waals surface area contributed by atoms with E-state index in [-0.39, 0.29) is 0 Å². The molecule has 1 saturated heterocycles. The van der Waals surface area contributed by atoms with E-state index in [9.17, 15) is 0 Å². The van der Waals surface area contributed by atoms with E-state index in [2.05, 4.69) is 51.8 Å². The maximum atomic E-state index is 3.72. The summed E-state index contributed by atoms with van der Waals surface area (Å²) in [4.78, 5) is 2.79. The van der Waals surface area contributed by atoms with Gasteiger partial charge in [0.2, 0.25) is 0 Å². The maximum absolute atomic E-state index is 3.72. The third kappa shape index (κ3) is 2.34. The van der Waals surface area contributed by atoms with Gasteiger partial charge in [-0.3, -0.25) is 4.90 Å². The van der Waals surface area contributed by atoms with Gasteiger partial charge in [-0.15, -0.1) is 0 Å². The average Bonchev–Trinajstić information content (AvgIpc) is 2.65. The highest BCUT2D eigenvalue weighted by Crippen LogP contribution is 2.65. The van der Waals surface area contributed by atoms with Crippen molar-refractivity contribution in [1.82, 2.24) is 10.2 Å². The van der Waals surface area contributed by atoms with Gasteiger partial charge in [0, 0.05) is 18.6 Å². The van der Waals surface area contributed by atoms with E-state index >= 15 is 0 Å². The molecule has 2 atom stereocenters. The van der Waals surface area contributed by atoms with Gasteiger partial charge < -0.3 is 5.32 Å². The highest BCUT2D eigenvalue weighted by atomic mass is 15.2. The molecule has 106 valence electrons. The van der Waals surface area contributed by atoms with Crippen LogP contribution in [0, 0.1) is 16.7 Å². The summed E-state index contributed by atoms with van der Waals surface area (Å²) >= 11 is 0. The largest absolute Gasteiger partial charge is 0.314 e. The Kier molecular flexibility index (Phi) is 3.81. The summed E-state index contributed by atoms with van der Waals surface area (Å²) in [6, 6.07) is 1.50. The Morgan fingerprint density at radius 3 is 2.28 bits per heavy atom. The summed E-state index contributed by atoms with van der Waals surface area (Å²) in [7, 11) is 0. The van der Waals surface area contributed by atoms with Crippen molar-refractivity contribution in [3.63, 3.8) is 0 Å². The molecule has 1 heterocycles. The number of nitrogens with one attached hydrogen (secondary N) is 1. The Morgan fingerprint density at radius 2 is 1.78 bits per heavy atom. The summed E-state index contributed by atoms with van der Waals surface area (Å²) < 4.78 is 0. The van der Waals surface area contributed by atoms with Crippen molar-refractivity contribution >= 4 is 0 Å². The van der Waals surface area contributed by atoms with Crippen molar-refractivity contribution < 1.29 is 0 Å². The zero-order valence-electron chi connectivity index (χ0n) is 13.2. The Hall–Kier alpha value is -0.0800. The molecule has 1 aliphatic heterocycles. The van der Waals surface area contributed by atoms with Crippen molar-refractivity contribution in [1.29, 1.82) is 0 Å². The van der Waals surface area contributed by atoms with E-state index in [0.29, 0.717) is 10.8 Å². The van der Waals surface area contributed by atoms with Crippen LogP contribution in [0.3, 0.4) is 0 Å². The maximum Gasteiger partial charge on any atom is 0.0209 e. The lowest BCUT2D eigenvalue weighted by molar-refractivity contribution is 0.165. The SMILES string of the molecule is CCC1CCN(C2C(C)(C)C2(C)C)CC(C)CN1. The molecule has 0 aromatic rings. The van der Waals surface area contributed by atoms with Gasteiger partial charge in [-0.25, -0.2) is 0 Å². The molecule has 1 aliphatic carbocycles. The Morgan fingerprint density at radius 1 is 1.17 bits per heavy atom. The van der Waals surface area contributed by atoms with E-state index in [1.54, 1.807) is 0 Å². The zero-order chi connectivity index (χ0) is 13.6. The van der Waals surface area contributed by atoms with Gasteiger partial charge in [0.1, 0.15) is 0 Å². The minimum atomic E-state index is 0.487. The smallest absolute Gasteiger partial charge is 0.0209 e. The second kappa shape index (κ2) is 4.79. The van der Waals surface area contributed by atoms with Crippen molar-refractivity contribution in [2.75, 3.05) is 19.6 Å². The third-order valence-corrected chi connectivity index (χ3v) is 5.87. The molecule has 2 heteroatoms. The van der Waals surface area contributed by atoms with Crippen LogP contribution >= 0.6 is 0 Å². The topological polar surface area (TPSA) is 15.3 Å². The number of rotatable bonds is 2. The number of nitrogens with zero attached hydrogens (tertiary/aromatic N) is 1. The van der Waals surface area contributed by atoms with E-state index in [0.717, 1.165) is 18.0 Å². The molecule has 2 nitrogen and oxygen atoms in total. The minimum Gasteiger partial charge on any atom is -0.314 e. The fraction of sp³-hybridized carbons (Fsp3) is 1.00. The van der Waals surface area contributed by atoms with E-state index in [1.807, 2.05) is 0 Å². The molecule has 1 N–H and O–H groups in total. The van der Waals surface area contributed by atoms with Crippen LogP contribution in [0.1, 0.15) is 54.4 Å². The van der Waals surface area contributed by atoms with E-state index < -0.39 is 0 Å². The van der Waals surface area contributed by atoms with Crippen LogP contribution in [0.2, 0.25) is 0 Å². The molecule has 2 aliphatic rings. The predicted octanol–water partition coefficient (Wildman–Crippen LogP) is 3.13. The van der Waals surface area contributed by atoms with Crippen LogP contribution in [0.15, 0.2) is 0 Å². The van der Waals surface area contributed by atoms with Crippen LogP contribution in [0.4, 0.5) is 0 Å². The first kappa shape index (κ1) is 14.3. The molecule has 1 saturated carbocycles. The Labute approximate surface area is 114 Å². The van der Waals surface area contributed by atoms with Crippen LogP contribution in [0.25, 0.3) is 0 Å². The number of hydrogen-bond donors (Lipinski definition) is 1. The monoisotopic (exact) mass is 252 g/mol. The van der Waals surface area contributed by atoms with Gasteiger partial charge in [-0.05, 0) is 42.7 Å². The van der Waals surface area contributed by atoms with Crippen molar-refractivity contribution in [3.8, 4) is 0 Å². The summed E-state index contributed by atoms with van der Waals surface area (Å²) in [6.45, 7) is 18.2. The first-order valence-electron chi connectivity index (χ1n) is 7.78. The molecule has 18 heavy (non-hydrogen) atoms. The summed E-state index contributed by atoms with van der Waals surface area (Å²) in [5.41, 5.74) is 0.974. The molecule has 2 unspecified atom stereocenters. The van der Waals surface area contributed by atoms with Crippen molar-refractivity contribution in [3.05, 3.63) is 0 Å². The van der Waals surface area contributed by atoms with Crippen molar-refractivity contribution in [2.24, 2.45) is 16.7 Å². The second-order valence-corrected chi connectivity index (χ2v) is 7.75. The lowest BCUT2D eigenvalue weighted by atomic mass is 10.0. The molecule has 0 radical (unpaired) electrons. The lowest BCUT2D eigenvalue weighted by Gasteiger charge is -2.33. The van der Waals surface area contributed by atoms with Gasteiger partial charge in [0.25, 0.3) is 0 Å². The van der Waals surface area contributed by atoms with Gasteiger partial charge in [0.15, 0.2) is 0 Å². The highest BCUT2D eigenvalue weighted by Gasteiger charge is 2.66. The molecule has 0 spiro atoms. The zero-order valence-corrected chi connectivity index (χ0v) is 13.2. The first-order valence-corrected chi connectivity index (χ1v) is 7.78. The molecular weight excluding hydrogens is 220 g/mol. The van der Waals surface area contributed by atoms with Gasteiger partial charge in [-0.1, -0.05) is 41.5 Å². The van der Waals surface area contributed by atoms with Crippen LogP contribution in [0.5, 0.6) is 0 Å². The summed E-state index contributed by atoms with van der Waals surface area (Å²) in [6.07, 6.45) is 2.57. The Balaban J connectivity index is 2.04. The second-order valence-electron chi connectivity index (χ2n) is 7.75. The van der Waals surface area contributed by atoms with Gasteiger partial charge >= 0.3 is 0 Å². The molecule has 0 aromatic heterocycles. The fourth-order valence-electron chi connectivity index (χ4n) is 4.01. The van der Waals surface area contributed by atoms with Crippen LogP contribution in [-0.2, 0) is 0 Å². The molecule has 0 bridgehead atoms. The fourth-order valence-corrected chi connectivity index (χ4v) is 4.01. The summed E-state index contributed by atoms with van der Waals surface area (Å²) in [5.74, 6) is 0.770. The minimum absolute atomic E-state index is 0.487. The summed E-state index contributed by atoms with van der Waals surface area (Å²) in [5, 5.41) is 3.72. The number of hydrogen-bond acceptors (Lipinski definition) is 2. The molecule has 0 aromatic carbocycles. The van der Waals surface area contributed by atoms with Gasteiger partial charge in [-0.2, -0.15) is 0 Å². The third-order valence-electron chi connectivity index (χ3n) is 5.87. The standard InChI is InChI=1S/C16H32N2/c1-7-13-8-9-18(11-12(2)10-17-13)14-15(3,4)16(14,5)6/h12-14,17H,7-11H2,1-6H3. The van der Waals surface area contributed by atoms with E-state index in [4.69, 9.17) is 0 Å². The van der Waals surface area contributed by atoms with Crippen molar-refractivity contribution in [2.45, 2.75) is 66.5 Å². The molecule has 0 amide bonds. The molecule has 2 rings (SSSR count). The highest BCUT2D eigenvalue weighted by molar-refractivity contribution is 5.18. The Bertz CT molecular complexity index is 281. The predicted molar refractivity (Wildman–Crippen MR) is 78.8 cm³/mol. The van der Waals surface area contributed by atoms with Crippen LogP contribution < -0.4 is 5.32 Å². The molecule has 2 fully saturated rings. The van der Waals surface area contributed by atoms with Gasteiger partial charge in [0.05, 0.1) is 0 Å². The van der Waals surface area contributed by atoms with Crippen LogP contribution in [-0.4, -0.2) is 36.6 Å². The normalized spacial score (nSPS) is 37.0. The average molecular weight is 252 g/mol. The van der Waals surface area contributed by atoms with E-state index in [1.165, 1.54) is 32.5 Å². The quantitative estimate of drug-likeness (QED) is 0.812. The first-order chi connectivity index (χ1) is 8.30.